The third-order valence-electron chi connectivity index (χ3n) is 1.94. The van der Waals surface area contributed by atoms with Gasteiger partial charge < -0.3 is 5.11 Å². The molecular formula is C9H5ClN2O3. The molecule has 6 heteroatoms. The minimum Gasteiger partial charge on any atom is -0.464 e. The lowest BCUT2D eigenvalue weighted by Gasteiger charge is -2.01. The molecule has 2 aromatic rings. The van der Waals surface area contributed by atoms with Crippen LogP contribution in [0.3, 0.4) is 0 Å². The molecule has 15 heavy (non-hydrogen) atoms. The number of aromatic nitrogens is 2. The molecule has 0 bridgehead atoms. The fraction of sp³-hybridized carbons (Fsp3) is 0. The molecule has 0 aliphatic heterocycles. The number of carbonyl (C=O) groups is 1. The Hall–Kier alpha value is -1.88. The molecule has 0 aliphatic rings. The van der Waals surface area contributed by atoms with E-state index in [1.165, 1.54) is 6.07 Å². The van der Waals surface area contributed by atoms with E-state index in [0.717, 1.165) is 6.33 Å². The zero-order valence-electron chi connectivity index (χ0n) is 7.35. The average molecular weight is 225 g/mol. The molecule has 1 N–H and O–H groups in total. The maximum Gasteiger partial charge on any atom is 0.419 e. The van der Waals surface area contributed by atoms with Crippen molar-refractivity contribution >= 4 is 28.6 Å². The van der Waals surface area contributed by atoms with Crippen molar-refractivity contribution in [3.63, 3.8) is 0 Å². The predicted octanol–water partition coefficient (Wildman–Crippen LogP) is 1.58. The topological polar surface area (TPSA) is 72.2 Å². The summed E-state index contributed by atoms with van der Waals surface area (Å²) in [6.07, 6.45) is -0.419. The molecule has 0 amide bonds. The first-order chi connectivity index (χ1) is 7.11. The quantitative estimate of drug-likeness (QED) is 0.737. The zero-order valence-corrected chi connectivity index (χ0v) is 8.10. The van der Waals surface area contributed by atoms with Crippen molar-refractivity contribution in [2.24, 2.45) is 0 Å². The van der Waals surface area contributed by atoms with Crippen LogP contribution in [0.15, 0.2) is 29.3 Å². The number of halogens is 1. The van der Waals surface area contributed by atoms with Gasteiger partial charge in [0.15, 0.2) is 0 Å². The van der Waals surface area contributed by atoms with Gasteiger partial charge in [-0.15, -0.1) is 0 Å². The summed E-state index contributed by atoms with van der Waals surface area (Å²) < 4.78 is 0.494. The monoisotopic (exact) mass is 224 g/mol. The molecule has 0 unspecified atom stereocenters. The number of rotatable bonds is 0. The van der Waals surface area contributed by atoms with Gasteiger partial charge in [-0.05, 0) is 12.1 Å². The van der Waals surface area contributed by atoms with E-state index < -0.39 is 11.7 Å². The molecule has 2 rings (SSSR count). The van der Waals surface area contributed by atoms with Gasteiger partial charge in [0.2, 0.25) is 0 Å². The summed E-state index contributed by atoms with van der Waals surface area (Å²) in [5.74, 6) is 0. The average Bonchev–Trinajstić information content (AvgIpc) is 2.17. The van der Waals surface area contributed by atoms with Gasteiger partial charge in [-0.3, -0.25) is 4.79 Å². The summed E-state index contributed by atoms with van der Waals surface area (Å²) in [4.78, 5) is 26.1. The van der Waals surface area contributed by atoms with E-state index in [1.54, 1.807) is 12.1 Å². The molecule has 1 aromatic carbocycles. The largest absolute Gasteiger partial charge is 0.464 e. The van der Waals surface area contributed by atoms with E-state index in [9.17, 15) is 9.59 Å². The molecule has 1 heterocycles. The first-order valence-electron chi connectivity index (χ1n) is 4.00. The van der Waals surface area contributed by atoms with Crippen LogP contribution in [0, 0.1) is 0 Å². The smallest absolute Gasteiger partial charge is 0.419 e. The van der Waals surface area contributed by atoms with Crippen LogP contribution in [-0.2, 0) is 0 Å². The van der Waals surface area contributed by atoms with E-state index in [1.807, 2.05) is 0 Å². The van der Waals surface area contributed by atoms with Gasteiger partial charge in [-0.1, -0.05) is 17.7 Å². The lowest BCUT2D eigenvalue weighted by molar-refractivity contribution is 0.195. The van der Waals surface area contributed by atoms with Crippen molar-refractivity contribution in [1.29, 1.82) is 0 Å². The number of nitrogens with zero attached hydrogens (tertiary/aromatic N) is 2. The molecule has 0 radical (unpaired) electrons. The third-order valence-corrected chi connectivity index (χ3v) is 2.26. The number of benzene rings is 1. The number of carboxylic acid groups (broad SMARTS) is 1. The highest BCUT2D eigenvalue weighted by atomic mass is 35.5. The lowest BCUT2D eigenvalue weighted by Crippen LogP contribution is -2.26. The van der Waals surface area contributed by atoms with Crippen LogP contribution in [0.4, 0.5) is 4.79 Å². The number of fused-ring (bicyclic) bond motifs is 1. The maximum atomic E-state index is 11.6. The Bertz CT molecular complexity index is 606. The Morgan fingerprint density at radius 2 is 2.20 bits per heavy atom. The third kappa shape index (κ3) is 1.46. The van der Waals surface area contributed by atoms with Crippen LogP contribution in [0.1, 0.15) is 0 Å². The highest BCUT2D eigenvalue weighted by Crippen LogP contribution is 2.17. The van der Waals surface area contributed by atoms with E-state index in [4.69, 9.17) is 16.7 Å². The van der Waals surface area contributed by atoms with E-state index in [-0.39, 0.29) is 10.4 Å². The maximum absolute atomic E-state index is 11.6. The second kappa shape index (κ2) is 3.36. The number of hydrogen-bond donors (Lipinski definition) is 1. The summed E-state index contributed by atoms with van der Waals surface area (Å²) in [6, 6.07) is 4.75. The van der Waals surface area contributed by atoms with Crippen molar-refractivity contribution in [1.82, 2.24) is 9.55 Å². The normalized spacial score (nSPS) is 10.5. The Kier molecular flexibility index (Phi) is 2.17. The molecule has 0 aliphatic carbocycles. The van der Waals surface area contributed by atoms with Gasteiger partial charge in [0.05, 0.1) is 15.9 Å². The van der Waals surface area contributed by atoms with Gasteiger partial charge in [0.25, 0.3) is 5.56 Å². The minimum atomic E-state index is -1.38. The van der Waals surface area contributed by atoms with Crippen LogP contribution < -0.4 is 5.56 Å². The van der Waals surface area contributed by atoms with Crippen LogP contribution in [0.25, 0.3) is 10.9 Å². The Morgan fingerprint density at radius 1 is 1.47 bits per heavy atom. The molecular weight excluding hydrogens is 220 g/mol. The van der Waals surface area contributed by atoms with Crippen molar-refractivity contribution in [2.75, 3.05) is 0 Å². The summed E-state index contributed by atoms with van der Waals surface area (Å²) >= 11 is 5.79. The van der Waals surface area contributed by atoms with Crippen molar-refractivity contribution in [2.45, 2.75) is 0 Å². The van der Waals surface area contributed by atoms with Crippen LogP contribution in [-0.4, -0.2) is 20.8 Å². The predicted molar refractivity (Wildman–Crippen MR) is 54.4 cm³/mol. The summed E-state index contributed by atoms with van der Waals surface area (Å²) in [5.41, 5.74) is -0.303. The van der Waals surface area contributed by atoms with Crippen LogP contribution >= 0.6 is 11.6 Å². The summed E-state index contributed by atoms with van der Waals surface area (Å²) in [7, 11) is 0. The van der Waals surface area contributed by atoms with Gasteiger partial charge in [-0.25, -0.2) is 14.3 Å². The second-order valence-corrected chi connectivity index (χ2v) is 3.24. The Labute approximate surface area is 88.5 Å². The molecule has 0 atom stereocenters. The number of hydrogen-bond acceptors (Lipinski definition) is 3. The van der Waals surface area contributed by atoms with Crippen molar-refractivity contribution < 1.29 is 9.90 Å². The zero-order chi connectivity index (χ0) is 11.0. The SMILES string of the molecule is O=C(O)n1cnc2cccc(Cl)c2c1=O. The van der Waals surface area contributed by atoms with Crippen molar-refractivity contribution in [3.8, 4) is 0 Å². The van der Waals surface area contributed by atoms with Crippen LogP contribution in [0.2, 0.25) is 5.02 Å². The highest BCUT2D eigenvalue weighted by molar-refractivity contribution is 6.35. The fourth-order valence-electron chi connectivity index (χ4n) is 1.26. The molecule has 0 spiro atoms. The van der Waals surface area contributed by atoms with Gasteiger partial charge in [-0.2, -0.15) is 0 Å². The van der Waals surface area contributed by atoms with E-state index >= 15 is 0 Å². The first kappa shape index (κ1) is 9.67. The minimum absolute atomic E-state index is 0.115. The standard InChI is InChI=1S/C9H5ClN2O3/c10-5-2-1-3-6-7(5)8(13)12(4-11-6)9(14)15/h1-4H,(H,14,15). The first-order valence-corrected chi connectivity index (χ1v) is 4.38. The van der Waals surface area contributed by atoms with E-state index in [0.29, 0.717) is 10.1 Å². The van der Waals surface area contributed by atoms with Gasteiger partial charge in [0.1, 0.15) is 6.33 Å². The lowest BCUT2D eigenvalue weighted by atomic mass is 10.2. The summed E-state index contributed by atoms with van der Waals surface area (Å²) in [5, 5.41) is 9.01. The van der Waals surface area contributed by atoms with Crippen molar-refractivity contribution in [3.05, 3.63) is 39.9 Å². The Morgan fingerprint density at radius 3 is 2.87 bits per heavy atom. The van der Waals surface area contributed by atoms with E-state index in [2.05, 4.69) is 4.98 Å². The Balaban J connectivity index is 2.96. The fourth-order valence-corrected chi connectivity index (χ4v) is 1.51. The molecule has 76 valence electrons. The molecule has 1 aromatic heterocycles. The van der Waals surface area contributed by atoms with Gasteiger partial charge >= 0.3 is 6.09 Å². The molecule has 5 nitrogen and oxygen atoms in total. The highest BCUT2D eigenvalue weighted by Gasteiger charge is 2.10. The molecule has 0 saturated carbocycles. The molecule has 0 saturated heterocycles. The van der Waals surface area contributed by atoms with Crippen LogP contribution in [0.5, 0.6) is 0 Å². The summed E-state index contributed by atoms with van der Waals surface area (Å²) in [6.45, 7) is 0. The van der Waals surface area contributed by atoms with Gasteiger partial charge in [0, 0.05) is 0 Å². The molecule has 0 fully saturated rings. The second-order valence-electron chi connectivity index (χ2n) is 2.84.